The van der Waals surface area contributed by atoms with Crippen LogP contribution in [0.3, 0.4) is 0 Å². The van der Waals surface area contributed by atoms with Crippen LogP contribution in [0.25, 0.3) is 0 Å². The van der Waals surface area contributed by atoms with E-state index in [4.69, 9.17) is 0 Å². The molecule has 0 amide bonds. The van der Waals surface area contributed by atoms with Gasteiger partial charge in [-0.25, -0.2) is 0 Å². The average molecular weight is 336 g/mol. The van der Waals surface area contributed by atoms with Crippen molar-refractivity contribution in [1.29, 1.82) is 0 Å². The van der Waals surface area contributed by atoms with Crippen molar-refractivity contribution in [3.05, 3.63) is 29.8 Å². The van der Waals surface area contributed by atoms with Crippen LogP contribution >= 0.6 is 0 Å². The van der Waals surface area contributed by atoms with E-state index in [1.165, 1.54) is 12.1 Å². The molecule has 1 atom stereocenters. The molecule has 8 heteroatoms. The quantitative estimate of drug-likeness (QED) is 0.750. The fourth-order valence-corrected chi connectivity index (χ4v) is 2.64. The number of aliphatic hydroxyl groups excluding tert-OH is 1. The Morgan fingerprint density at radius 2 is 1.78 bits per heavy atom. The molecule has 0 spiro atoms. The maximum absolute atomic E-state index is 12.9. The summed E-state index contributed by atoms with van der Waals surface area (Å²) in [6.45, 7) is 3.29. The first-order valence-corrected chi connectivity index (χ1v) is 7.44. The van der Waals surface area contributed by atoms with E-state index in [2.05, 4.69) is 15.0 Å². The van der Waals surface area contributed by atoms with E-state index in [9.17, 15) is 22.7 Å². The summed E-state index contributed by atoms with van der Waals surface area (Å²) in [5.74, 6) is -0.317. The standard InChI is InChI=1S/C15H20F4N2O2/c16-14(17)15(18,19)23-12-3-1-11(2-4-12)13(5-10-22)21-8-6-20-7-9-21/h1-4,13-14,20,22H,5-10H2/t13-/m1/s1. The number of rotatable bonds is 7. The Hall–Kier alpha value is -1.38. The normalized spacial score (nSPS) is 18.2. The third-order valence-electron chi connectivity index (χ3n) is 3.77. The Bertz CT molecular complexity index is 479. The van der Waals surface area contributed by atoms with Crippen molar-refractivity contribution in [1.82, 2.24) is 10.2 Å². The van der Waals surface area contributed by atoms with E-state index in [-0.39, 0.29) is 18.4 Å². The Morgan fingerprint density at radius 1 is 1.17 bits per heavy atom. The summed E-state index contributed by atoms with van der Waals surface area (Å²) in [4.78, 5) is 2.19. The van der Waals surface area contributed by atoms with E-state index < -0.39 is 12.5 Å². The van der Waals surface area contributed by atoms with Crippen LogP contribution in [0.15, 0.2) is 24.3 Å². The van der Waals surface area contributed by atoms with E-state index >= 15 is 0 Å². The number of halogens is 4. The average Bonchev–Trinajstić information content (AvgIpc) is 2.54. The number of alkyl halides is 4. The summed E-state index contributed by atoms with van der Waals surface area (Å²) in [6, 6.07) is 5.58. The van der Waals surface area contributed by atoms with E-state index in [0.29, 0.717) is 6.42 Å². The number of nitrogens with zero attached hydrogens (tertiary/aromatic N) is 1. The summed E-state index contributed by atoms with van der Waals surface area (Å²) < 4.78 is 54.1. The van der Waals surface area contributed by atoms with E-state index in [1.54, 1.807) is 12.1 Å². The minimum absolute atomic E-state index is 0.00367. The lowest BCUT2D eigenvalue weighted by Gasteiger charge is -2.35. The number of aliphatic hydroxyl groups is 1. The number of nitrogens with one attached hydrogen (secondary N) is 1. The molecule has 1 saturated heterocycles. The highest BCUT2D eigenvalue weighted by Crippen LogP contribution is 2.30. The van der Waals surface area contributed by atoms with Gasteiger partial charge in [0.25, 0.3) is 0 Å². The minimum atomic E-state index is -4.51. The zero-order valence-electron chi connectivity index (χ0n) is 12.5. The van der Waals surface area contributed by atoms with Gasteiger partial charge in [0, 0.05) is 38.8 Å². The minimum Gasteiger partial charge on any atom is -0.428 e. The van der Waals surface area contributed by atoms with Crippen molar-refractivity contribution in [3.63, 3.8) is 0 Å². The molecule has 0 unspecified atom stereocenters. The van der Waals surface area contributed by atoms with Crippen molar-refractivity contribution >= 4 is 0 Å². The predicted molar refractivity (Wildman–Crippen MR) is 76.9 cm³/mol. The predicted octanol–water partition coefficient (Wildman–Crippen LogP) is 2.25. The van der Waals surface area contributed by atoms with Crippen LogP contribution in [-0.4, -0.2) is 55.3 Å². The molecule has 0 bridgehead atoms. The molecule has 4 nitrogen and oxygen atoms in total. The summed E-state index contributed by atoms with van der Waals surface area (Å²) >= 11 is 0. The molecule has 130 valence electrons. The highest BCUT2D eigenvalue weighted by molar-refractivity contribution is 5.29. The van der Waals surface area contributed by atoms with Crippen LogP contribution < -0.4 is 10.1 Å². The number of hydrogen-bond donors (Lipinski definition) is 2. The van der Waals surface area contributed by atoms with Gasteiger partial charge in [-0.15, -0.1) is 0 Å². The van der Waals surface area contributed by atoms with Gasteiger partial charge in [-0.05, 0) is 24.1 Å². The summed E-state index contributed by atoms with van der Waals surface area (Å²) in [6.07, 6.45) is -7.89. The highest BCUT2D eigenvalue weighted by atomic mass is 19.3. The van der Waals surface area contributed by atoms with Crippen LogP contribution in [0.4, 0.5) is 17.6 Å². The molecule has 1 heterocycles. The van der Waals surface area contributed by atoms with Crippen LogP contribution in [0, 0.1) is 0 Å². The fraction of sp³-hybridized carbons (Fsp3) is 0.600. The molecular weight excluding hydrogens is 316 g/mol. The van der Waals surface area contributed by atoms with Crippen molar-refractivity contribution in [2.24, 2.45) is 0 Å². The van der Waals surface area contributed by atoms with Gasteiger partial charge in [-0.3, -0.25) is 4.90 Å². The molecule has 0 aromatic heterocycles. The third-order valence-corrected chi connectivity index (χ3v) is 3.77. The topological polar surface area (TPSA) is 44.7 Å². The number of benzene rings is 1. The van der Waals surface area contributed by atoms with Gasteiger partial charge < -0.3 is 15.2 Å². The van der Waals surface area contributed by atoms with Crippen molar-refractivity contribution in [3.8, 4) is 5.75 Å². The second-order valence-electron chi connectivity index (χ2n) is 5.35. The molecular formula is C15H20F4N2O2. The smallest absolute Gasteiger partial charge is 0.428 e. The summed E-state index contributed by atoms with van der Waals surface area (Å²) in [5.41, 5.74) is 0.827. The molecule has 23 heavy (non-hydrogen) atoms. The Balaban J connectivity index is 2.09. The number of piperazine rings is 1. The second kappa shape index (κ2) is 7.94. The lowest BCUT2D eigenvalue weighted by Crippen LogP contribution is -2.45. The van der Waals surface area contributed by atoms with Gasteiger partial charge in [-0.1, -0.05) is 12.1 Å². The lowest BCUT2D eigenvalue weighted by atomic mass is 10.0. The van der Waals surface area contributed by atoms with E-state index in [0.717, 1.165) is 31.7 Å². The van der Waals surface area contributed by atoms with Crippen LogP contribution in [-0.2, 0) is 0 Å². The second-order valence-corrected chi connectivity index (χ2v) is 5.35. The lowest BCUT2D eigenvalue weighted by molar-refractivity contribution is -0.253. The van der Waals surface area contributed by atoms with Gasteiger partial charge in [0.2, 0.25) is 0 Å². The molecule has 1 aromatic rings. The highest BCUT2D eigenvalue weighted by Gasteiger charge is 2.43. The molecule has 1 fully saturated rings. The number of hydrogen-bond acceptors (Lipinski definition) is 4. The zero-order chi connectivity index (χ0) is 16.9. The van der Waals surface area contributed by atoms with Gasteiger partial charge in [-0.2, -0.15) is 17.6 Å². The van der Waals surface area contributed by atoms with Gasteiger partial charge in [0.05, 0.1) is 0 Å². The van der Waals surface area contributed by atoms with Gasteiger partial charge in [0.1, 0.15) is 5.75 Å². The monoisotopic (exact) mass is 336 g/mol. The Morgan fingerprint density at radius 3 is 2.30 bits per heavy atom. The third kappa shape index (κ3) is 4.79. The van der Waals surface area contributed by atoms with E-state index in [1.807, 2.05) is 0 Å². The van der Waals surface area contributed by atoms with Crippen LogP contribution in [0.2, 0.25) is 0 Å². The van der Waals surface area contributed by atoms with Crippen molar-refractivity contribution in [2.45, 2.75) is 25.0 Å². The van der Waals surface area contributed by atoms with Crippen molar-refractivity contribution < 1.29 is 27.4 Å². The Labute approximate surface area is 132 Å². The molecule has 2 rings (SSSR count). The molecule has 0 radical (unpaired) electrons. The molecule has 0 saturated carbocycles. The fourth-order valence-electron chi connectivity index (χ4n) is 2.64. The van der Waals surface area contributed by atoms with Gasteiger partial charge >= 0.3 is 12.5 Å². The zero-order valence-corrected chi connectivity index (χ0v) is 12.5. The summed E-state index contributed by atoms with van der Waals surface area (Å²) in [7, 11) is 0. The first-order chi connectivity index (χ1) is 10.9. The SMILES string of the molecule is OCC[C@H](c1ccc(OC(F)(F)C(F)F)cc1)N1CCNCC1. The van der Waals surface area contributed by atoms with Gasteiger partial charge in [0.15, 0.2) is 0 Å². The largest absolute Gasteiger partial charge is 0.461 e. The number of ether oxygens (including phenoxy) is 1. The Kier molecular flexibility index (Phi) is 6.20. The first kappa shape index (κ1) is 18.0. The van der Waals surface area contributed by atoms with Crippen LogP contribution in [0.5, 0.6) is 5.75 Å². The first-order valence-electron chi connectivity index (χ1n) is 7.44. The maximum Gasteiger partial charge on any atom is 0.461 e. The summed E-state index contributed by atoms with van der Waals surface area (Å²) in [5, 5.41) is 12.5. The molecule has 0 aliphatic carbocycles. The van der Waals surface area contributed by atoms with Crippen molar-refractivity contribution in [2.75, 3.05) is 32.8 Å². The molecule has 1 aliphatic rings. The molecule has 2 N–H and O–H groups in total. The maximum atomic E-state index is 12.9. The molecule has 1 aliphatic heterocycles. The van der Waals surface area contributed by atoms with Crippen LogP contribution in [0.1, 0.15) is 18.0 Å². The molecule has 1 aromatic carbocycles.